The van der Waals surface area contributed by atoms with Crippen molar-refractivity contribution in [3.05, 3.63) is 12.7 Å². The summed E-state index contributed by atoms with van der Waals surface area (Å²) >= 11 is 0. The molecule has 2 amide bonds. The number of urea groups is 1. The predicted molar refractivity (Wildman–Crippen MR) is 58.0 cm³/mol. The molecule has 0 fully saturated rings. The summed E-state index contributed by atoms with van der Waals surface area (Å²) in [5.41, 5.74) is 5.19. The average molecular weight is 231 g/mol. The standard InChI is InChI=1S/C9H17N3O4/c1-2-3-11-9(15)12-4-5-16-6-7(10)8(13)14/h2,7H,1,3-6,10H2,(H,13,14)(H2,11,12,15)/t7-/m0/s1. The molecule has 0 aromatic carbocycles. The molecule has 0 saturated heterocycles. The zero-order chi connectivity index (χ0) is 12.4. The number of carbonyl (C=O) groups is 2. The summed E-state index contributed by atoms with van der Waals surface area (Å²) in [4.78, 5) is 21.3. The highest BCUT2D eigenvalue weighted by Crippen LogP contribution is 1.81. The summed E-state index contributed by atoms with van der Waals surface area (Å²) in [5, 5.41) is 13.4. The van der Waals surface area contributed by atoms with Gasteiger partial charge in [-0.2, -0.15) is 0 Å². The van der Waals surface area contributed by atoms with Gasteiger partial charge in [-0.1, -0.05) is 6.08 Å². The van der Waals surface area contributed by atoms with Crippen molar-refractivity contribution in [3.63, 3.8) is 0 Å². The van der Waals surface area contributed by atoms with E-state index >= 15 is 0 Å². The van der Waals surface area contributed by atoms with Crippen molar-refractivity contribution in [2.75, 3.05) is 26.3 Å². The van der Waals surface area contributed by atoms with Crippen molar-refractivity contribution < 1.29 is 19.4 Å². The van der Waals surface area contributed by atoms with E-state index in [0.29, 0.717) is 6.54 Å². The van der Waals surface area contributed by atoms with E-state index in [1.54, 1.807) is 6.08 Å². The maximum absolute atomic E-state index is 11.0. The number of ether oxygens (including phenoxy) is 1. The number of aliphatic carboxylic acids is 1. The minimum absolute atomic E-state index is 0.0781. The van der Waals surface area contributed by atoms with Gasteiger partial charge in [-0.05, 0) is 0 Å². The SMILES string of the molecule is C=CCNC(=O)NCCOC[C@H](N)C(=O)O. The molecule has 0 aliphatic rings. The Labute approximate surface area is 93.6 Å². The molecule has 0 unspecified atom stereocenters. The molecule has 16 heavy (non-hydrogen) atoms. The lowest BCUT2D eigenvalue weighted by Gasteiger charge is -2.08. The van der Waals surface area contributed by atoms with E-state index in [9.17, 15) is 9.59 Å². The van der Waals surface area contributed by atoms with Crippen LogP contribution in [0.1, 0.15) is 0 Å². The highest BCUT2D eigenvalue weighted by Gasteiger charge is 2.10. The smallest absolute Gasteiger partial charge is 0.322 e. The summed E-state index contributed by atoms with van der Waals surface area (Å²) in [5.74, 6) is -1.11. The van der Waals surface area contributed by atoms with Crippen molar-refractivity contribution in [3.8, 4) is 0 Å². The zero-order valence-corrected chi connectivity index (χ0v) is 8.94. The monoisotopic (exact) mass is 231 g/mol. The third-order valence-corrected chi connectivity index (χ3v) is 1.55. The molecule has 7 heteroatoms. The predicted octanol–water partition coefficient (Wildman–Crippen LogP) is -1.10. The van der Waals surface area contributed by atoms with Crippen LogP contribution in [-0.2, 0) is 9.53 Å². The second-order valence-electron chi connectivity index (χ2n) is 2.95. The largest absolute Gasteiger partial charge is 0.480 e. The molecular formula is C9H17N3O4. The minimum atomic E-state index is -1.11. The summed E-state index contributed by atoms with van der Waals surface area (Å²) in [6.45, 7) is 4.25. The first-order valence-corrected chi connectivity index (χ1v) is 4.76. The minimum Gasteiger partial charge on any atom is -0.480 e. The number of amides is 2. The molecule has 1 atom stereocenters. The molecule has 0 aliphatic carbocycles. The first-order valence-electron chi connectivity index (χ1n) is 4.76. The van der Waals surface area contributed by atoms with Gasteiger partial charge in [0, 0.05) is 13.1 Å². The molecule has 0 saturated carbocycles. The summed E-state index contributed by atoms with van der Waals surface area (Å²) in [6, 6.07) is -1.36. The molecule has 0 aromatic rings. The number of nitrogens with one attached hydrogen (secondary N) is 2. The normalized spacial score (nSPS) is 11.6. The molecule has 5 N–H and O–H groups in total. The van der Waals surface area contributed by atoms with Crippen LogP contribution in [0.4, 0.5) is 4.79 Å². The van der Waals surface area contributed by atoms with Crippen LogP contribution in [0.3, 0.4) is 0 Å². The van der Waals surface area contributed by atoms with E-state index in [2.05, 4.69) is 17.2 Å². The summed E-state index contributed by atoms with van der Waals surface area (Å²) in [6.07, 6.45) is 1.56. The second-order valence-corrected chi connectivity index (χ2v) is 2.95. The van der Waals surface area contributed by atoms with E-state index in [4.69, 9.17) is 15.6 Å². The van der Waals surface area contributed by atoms with Gasteiger partial charge in [-0.3, -0.25) is 4.79 Å². The highest BCUT2D eigenvalue weighted by atomic mass is 16.5. The first kappa shape index (κ1) is 14.4. The molecule has 7 nitrogen and oxygen atoms in total. The van der Waals surface area contributed by atoms with Crippen LogP contribution in [-0.4, -0.2) is 49.5 Å². The average Bonchev–Trinajstić information content (AvgIpc) is 2.25. The quantitative estimate of drug-likeness (QED) is 0.313. The number of carboxylic acids is 1. The Morgan fingerprint density at radius 1 is 1.50 bits per heavy atom. The van der Waals surface area contributed by atoms with Gasteiger partial charge in [0.2, 0.25) is 0 Å². The van der Waals surface area contributed by atoms with Crippen molar-refractivity contribution in [2.45, 2.75) is 6.04 Å². The van der Waals surface area contributed by atoms with Gasteiger partial charge in [0.25, 0.3) is 0 Å². The number of hydrogen-bond acceptors (Lipinski definition) is 4. The van der Waals surface area contributed by atoms with Crippen LogP contribution in [0.5, 0.6) is 0 Å². The van der Waals surface area contributed by atoms with Gasteiger partial charge in [0.05, 0.1) is 13.2 Å². The molecule has 0 bridgehead atoms. The van der Waals surface area contributed by atoms with Crippen LogP contribution < -0.4 is 16.4 Å². The lowest BCUT2D eigenvalue weighted by Crippen LogP contribution is -2.39. The van der Waals surface area contributed by atoms with Gasteiger partial charge in [-0.25, -0.2) is 4.79 Å². The molecular weight excluding hydrogens is 214 g/mol. The van der Waals surface area contributed by atoms with Crippen LogP contribution in [0.15, 0.2) is 12.7 Å². The number of nitrogens with two attached hydrogens (primary N) is 1. The second kappa shape index (κ2) is 8.69. The van der Waals surface area contributed by atoms with Crippen molar-refractivity contribution in [1.29, 1.82) is 0 Å². The molecule has 0 radical (unpaired) electrons. The van der Waals surface area contributed by atoms with Gasteiger partial charge in [0.1, 0.15) is 6.04 Å². The number of carbonyl (C=O) groups excluding carboxylic acids is 1. The fourth-order valence-electron chi connectivity index (χ4n) is 0.746. The van der Waals surface area contributed by atoms with Gasteiger partial charge in [-0.15, -0.1) is 6.58 Å². The maximum atomic E-state index is 11.0. The Hall–Kier alpha value is -1.60. The van der Waals surface area contributed by atoms with Gasteiger partial charge < -0.3 is 26.2 Å². The molecule has 92 valence electrons. The topological polar surface area (TPSA) is 114 Å². The number of carboxylic acid groups (broad SMARTS) is 1. The van der Waals surface area contributed by atoms with Crippen molar-refractivity contribution >= 4 is 12.0 Å². The van der Waals surface area contributed by atoms with Crippen LogP contribution in [0, 0.1) is 0 Å². The van der Waals surface area contributed by atoms with Crippen LogP contribution in [0.25, 0.3) is 0 Å². The molecule has 0 spiro atoms. The number of rotatable bonds is 8. The van der Waals surface area contributed by atoms with E-state index < -0.39 is 12.0 Å². The zero-order valence-electron chi connectivity index (χ0n) is 8.94. The third-order valence-electron chi connectivity index (χ3n) is 1.55. The molecule has 0 heterocycles. The van der Waals surface area contributed by atoms with E-state index in [1.807, 2.05) is 0 Å². The number of hydrogen-bond donors (Lipinski definition) is 4. The fourth-order valence-corrected chi connectivity index (χ4v) is 0.746. The Morgan fingerprint density at radius 3 is 2.75 bits per heavy atom. The van der Waals surface area contributed by atoms with Crippen molar-refractivity contribution in [1.82, 2.24) is 10.6 Å². The first-order chi connectivity index (χ1) is 7.57. The van der Waals surface area contributed by atoms with E-state index in [0.717, 1.165) is 0 Å². The summed E-state index contributed by atoms with van der Waals surface area (Å²) in [7, 11) is 0. The highest BCUT2D eigenvalue weighted by molar-refractivity contribution is 5.74. The Bertz CT molecular complexity index is 245. The van der Waals surface area contributed by atoms with Crippen molar-refractivity contribution in [2.24, 2.45) is 5.73 Å². The Morgan fingerprint density at radius 2 is 2.19 bits per heavy atom. The summed E-state index contributed by atoms with van der Waals surface area (Å²) < 4.78 is 4.94. The maximum Gasteiger partial charge on any atom is 0.322 e. The Kier molecular flexibility index (Phi) is 7.82. The van der Waals surface area contributed by atoms with Crippen LogP contribution >= 0.6 is 0 Å². The molecule has 0 aromatic heterocycles. The molecule has 0 rings (SSSR count). The van der Waals surface area contributed by atoms with Gasteiger partial charge in [0.15, 0.2) is 0 Å². The van der Waals surface area contributed by atoms with E-state index in [1.165, 1.54) is 0 Å². The van der Waals surface area contributed by atoms with E-state index in [-0.39, 0.29) is 25.8 Å². The lowest BCUT2D eigenvalue weighted by molar-refractivity contribution is -0.139. The fraction of sp³-hybridized carbons (Fsp3) is 0.556. The Balaban J connectivity index is 3.36. The molecule has 0 aliphatic heterocycles. The van der Waals surface area contributed by atoms with Crippen LogP contribution in [0.2, 0.25) is 0 Å². The third kappa shape index (κ3) is 7.77. The van der Waals surface area contributed by atoms with Gasteiger partial charge >= 0.3 is 12.0 Å². The lowest BCUT2D eigenvalue weighted by atomic mass is 10.3.